The Hall–Kier alpha value is -1.72. The number of hydrogen-bond donors (Lipinski definition) is 2. The summed E-state index contributed by atoms with van der Waals surface area (Å²) in [5.74, 6) is 0.0305. The second-order valence-corrected chi connectivity index (χ2v) is 4.75. The molecule has 2 N–H and O–H groups in total. The van der Waals surface area contributed by atoms with Crippen molar-refractivity contribution in [1.82, 2.24) is 15.3 Å². The van der Waals surface area contributed by atoms with Crippen LogP contribution < -0.4 is 10.6 Å². The largest absolute Gasteiger partial charge is 0.325 e. The van der Waals surface area contributed by atoms with Crippen LogP contribution in [-0.4, -0.2) is 28.5 Å². The number of hydrogen-bond acceptors (Lipinski definition) is 4. The fraction of sp³-hybridized carbons (Fsp3) is 0.357. The molecule has 1 aromatic carbocycles. The first kappa shape index (κ1) is 14.7. The lowest BCUT2D eigenvalue weighted by atomic mass is 10.0. The average molecular weight is 293 g/mol. The zero-order valence-corrected chi connectivity index (χ0v) is 11.8. The Morgan fingerprint density at radius 1 is 1.20 bits per heavy atom. The predicted octanol–water partition coefficient (Wildman–Crippen LogP) is 2.13. The van der Waals surface area contributed by atoms with E-state index >= 15 is 0 Å². The molecule has 3 rings (SSSR count). The van der Waals surface area contributed by atoms with Crippen molar-refractivity contribution in [2.45, 2.75) is 25.3 Å². The number of carbonyl (C=O) groups excluding carboxylic acids is 1. The monoisotopic (exact) mass is 292 g/mol. The maximum absolute atomic E-state index is 12.1. The van der Waals surface area contributed by atoms with Gasteiger partial charge in [0.25, 0.3) is 0 Å². The van der Waals surface area contributed by atoms with Gasteiger partial charge in [-0.1, -0.05) is 6.42 Å². The number of nitrogens with zero attached hydrogens (tertiary/aromatic N) is 2. The summed E-state index contributed by atoms with van der Waals surface area (Å²) in [5.41, 5.74) is 2.39. The molecule has 0 aliphatic carbocycles. The molecule has 5 nitrogen and oxygen atoms in total. The predicted molar refractivity (Wildman–Crippen MR) is 81.1 cm³/mol. The molecule has 0 bridgehead atoms. The van der Waals surface area contributed by atoms with Gasteiger partial charge in [-0.25, -0.2) is 0 Å². The van der Waals surface area contributed by atoms with Gasteiger partial charge in [0.2, 0.25) is 5.91 Å². The molecule has 0 saturated carbocycles. The number of benzene rings is 1. The van der Waals surface area contributed by atoms with Gasteiger partial charge in [0.05, 0.1) is 17.1 Å². The third-order valence-electron chi connectivity index (χ3n) is 3.36. The van der Waals surface area contributed by atoms with Crippen molar-refractivity contribution in [3.05, 3.63) is 30.6 Å². The molecule has 0 radical (unpaired) electrons. The summed E-state index contributed by atoms with van der Waals surface area (Å²) in [6.45, 7) is 0.918. The molecule has 1 aliphatic rings. The fourth-order valence-corrected chi connectivity index (χ4v) is 2.35. The van der Waals surface area contributed by atoms with Crippen LogP contribution in [0.4, 0.5) is 5.69 Å². The van der Waals surface area contributed by atoms with Gasteiger partial charge in [-0.05, 0) is 37.6 Å². The molecule has 6 heteroatoms. The van der Waals surface area contributed by atoms with Gasteiger partial charge in [-0.15, -0.1) is 12.4 Å². The quantitative estimate of drug-likeness (QED) is 0.890. The highest BCUT2D eigenvalue weighted by molar-refractivity contribution is 5.96. The second kappa shape index (κ2) is 6.63. The van der Waals surface area contributed by atoms with E-state index in [4.69, 9.17) is 0 Å². The summed E-state index contributed by atoms with van der Waals surface area (Å²) in [6.07, 6.45) is 6.46. The van der Waals surface area contributed by atoms with Crippen LogP contribution in [0.2, 0.25) is 0 Å². The average Bonchev–Trinajstić information content (AvgIpc) is 2.48. The maximum Gasteiger partial charge on any atom is 0.241 e. The van der Waals surface area contributed by atoms with Crippen LogP contribution in [0.15, 0.2) is 30.6 Å². The van der Waals surface area contributed by atoms with Crippen LogP contribution >= 0.6 is 12.4 Å². The van der Waals surface area contributed by atoms with Crippen molar-refractivity contribution in [2.75, 3.05) is 11.9 Å². The molecule has 20 heavy (non-hydrogen) atoms. The first-order valence-corrected chi connectivity index (χ1v) is 6.58. The zero-order chi connectivity index (χ0) is 13.1. The number of fused-ring (bicyclic) bond motifs is 1. The Morgan fingerprint density at radius 2 is 2.00 bits per heavy atom. The van der Waals surface area contributed by atoms with Crippen molar-refractivity contribution in [3.63, 3.8) is 0 Å². The molecule has 1 atom stereocenters. The fourth-order valence-electron chi connectivity index (χ4n) is 2.35. The van der Waals surface area contributed by atoms with E-state index in [0.717, 1.165) is 42.5 Å². The molecular formula is C14H17ClN4O. The topological polar surface area (TPSA) is 66.9 Å². The number of amides is 1. The smallest absolute Gasteiger partial charge is 0.241 e. The maximum atomic E-state index is 12.1. The van der Waals surface area contributed by atoms with E-state index in [1.165, 1.54) is 0 Å². The SMILES string of the molecule is Cl.O=C(Nc1ccc2nccnc2c1)[C@@H]1CCCCN1. The molecule has 106 valence electrons. The standard InChI is InChI=1S/C14H16N4O.ClH/c19-14(12-3-1-2-6-15-12)18-10-4-5-11-13(9-10)17-8-7-16-11;/h4-5,7-9,12,15H,1-3,6H2,(H,18,19);1H/t12-;/m0./s1. The van der Waals surface area contributed by atoms with E-state index < -0.39 is 0 Å². The number of rotatable bonds is 2. The van der Waals surface area contributed by atoms with Crippen molar-refractivity contribution in [2.24, 2.45) is 0 Å². The molecule has 1 amide bonds. The number of piperidine rings is 1. The van der Waals surface area contributed by atoms with Crippen LogP contribution in [0.25, 0.3) is 11.0 Å². The molecule has 1 aromatic heterocycles. The van der Waals surface area contributed by atoms with E-state index in [-0.39, 0.29) is 24.4 Å². The molecule has 0 unspecified atom stereocenters. The van der Waals surface area contributed by atoms with Gasteiger partial charge in [0.15, 0.2) is 0 Å². The highest BCUT2D eigenvalue weighted by Crippen LogP contribution is 2.16. The number of halogens is 1. The van der Waals surface area contributed by atoms with Crippen molar-refractivity contribution in [1.29, 1.82) is 0 Å². The van der Waals surface area contributed by atoms with Gasteiger partial charge >= 0.3 is 0 Å². The zero-order valence-electron chi connectivity index (χ0n) is 11.0. The Balaban J connectivity index is 0.00000147. The van der Waals surface area contributed by atoms with E-state index in [1.54, 1.807) is 12.4 Å². The van der Waals surface area contributed by atoms with Gasteiger partial charge < -0.3 is 10.6 Å². The summed E-state index contributed by atoms with van der Waals surface area (Å²) in [5, 5.41) is 6.17. The first-order valence-electron chi connectivity index (χ1n) is 6.58. The molecule has 1 fully saturated rings. The Morgan fingerprint density at radius 3 is 2.75 bits per heavy atom. The Labute approximate surface area is 123 Å². The van der Waals surface area contributed by atoms with Crippen molar-refractivity contribution in [3.8, 4) is 0 Å². The normalized spacial score (nSPS) is 18.3. The van der Waals surface area contributed by atoms with Crippen LogP contribution in [0.5, 0.6) is 0 Å². The first-order chi connectivity index (χ1) is 9.33. The summed E-state index contributed by atoms with van der Waals surface area (Å²) < 4.78 is 0. The van der Waals surface area contributed by atoms with Crippen LogP contribution in [0, 0.1) is 0 Å². The molecule has 0 spiro atoms. The molecule has 2 heterocycles. The third-order valence-corrected chi connectivity index (χ3v) is 3.36. The molecule has 1 saturated heterocycles. The molecule has 1 aliphatic heterocycles. The van der Waals surface area contributed by atoms with E-state index in [2.05, 4.69) is 20.6 Å². The number of carbonyl (C=O) groups is 1. The summed E-state index contributed by atoms with van der Waals surface area (Å²) >= 11 is 0. The summed E-state index contributed by atoms with van der Waals surface area (Å²) in [7, 11) is 0. The number of nitrogens with one attached hydrogen (secondary N) is 2. The van der Waals surface area contributed by atoms with Crippen LogP contribution in [0.3, 0.4) is 0 Å². The minimum Gasteiger partial charge on any atom is -0.325 e. The van der Waals surface area contributed by atoms with Crippen molar-refractivity contribution < 1.29 is 4.79 Å². The van der Waals surface area contributed by atoms with Gasteiger partial charge in [0.1, 0.15) is 0 Å². The van der Waals surface area contributed by atoms with E-state index in [9.17, 15) is 4.79 Å². The lowest BCUT2D eigenvalue weighted by Gasteiger charge is -2.22. The number of anilines is 1. The van der Waals surface area contributed by atoms with Gasteiger partial charge in [-0.3, -0.25) is 14.8 Å². The van der Waals surface area contributed by atoms with E-state index in [1.807, 2.05) is 18.2 Å². The highest BCUT2D eigenvalue weighted by atomic mass is 35.5. The minimum absolute atomic E-state index is 0. The minimum atomic E-state index is -0.0775. The second-order valence-electron chi connectivity index (χ2n) is 4.75. The summed E-state index contributed by atoms with van der Waals surface area (Å²) in [6, 6.07) is 5.50. The van der Waals surface area contributed by atoms with Gasteiger partial charge in [0, 0.05) is 18.1 Å². The Bertz CT molecular complexity index is 598. The van der Waals surface area contributed by atoms with Crippen molar-refractivity contribution >= 4 is 35.0 Å². The van der Waals surface area contributed by atoms with Gasteiger partial charge in [-0.2, -0.15) is 0 Å². The van der Waals surface area contributed by atoms with Crippen LogP contribution in [0.1, 0.15) is 19.3 Å². The highest BCUT2D eigenvalue weighted by Gasteiger charge is 2.20. The Kier molecular flexibility index (Phi) is 4.87. The lowest BCUT2D eigenvalue weighted by Crippen LogP contribution is -2.43. The number of aromatic nitrogens is 2. The molecule has 2 aromatic rings. The molecular weight excluding hydrogens is 276 g/mol. The summed E-state index contributed by atoms with van der Waals surface area (Å²) in [4.78, 5) is 20.5. The van der Waals surface area contributed by atoms with Crippen LogP contribution in [-0.2, 0) is 4.79 Å². The van der Waals surface area contributed by atoms with E-state index in [0.29, 0.717) is 0 Å². The third kappa shape index (κ3) is 3.23. The lowest BCUT2D eigenvalue weighted by molar-refractivity contribution is -0.118.